The number of hydrogen-bond acceptors (Lipinski definition) is 11. The van der Waals surface area contributed by atoms with Crippen molar-refractivity contribution >= 4 is 23.5 Å². The van der Waals surface area contributed by atoms with E-state index in [0.717, 1.165) is 0 Å². The van der Waals surface area contributed by atoms with Crippen LogP contribution in [-0.4, -0.2) is 0 Å². The van der Waals surface area contributed by atoms with Crippen LogP contribution in [0.1, 0.15) is 0 Å². The standard InChI is InChI=1S/7K.H4O7P2.H3O4P/c;;;;;;;1-8(2,3)7-9(4,5)6;1-5(2,3)4/h;;;;;;;(H2,1,2,3)(H2,4,5,6);(H3,1,2,3,4)/q7*+1;;/p-7. The van der Waals surface area contributed by atoms with Crippen molar-refractivity contribution in [2.45, 2.75) is 0 Å². The Morgan fingerprint density at radius 1 is 0.476 bits per heavy atom. The quantitative estimate of drug-likeness (QED) is 0.235. The first kappa shape index (κ1) is 58.6. The molecule has 0 saturated carbocycles. The van der Waals surface area contributed by atoms with E-state index in [9.17, 15) is 28.7 Å². The van der Waals surface area contributed by atoms with Crippen molar-refractivity contribution in [3.63, 3.8) is 0 Å². The van der Waals surface area contributed by atoms with Gasteiger partial charge in [0, 0.05) is 0 Å². The third kappa shape index (κ3) is 89.1. The second-order valence-corrected chi connectivity index (χ2v) is 4.76. The first-order valence-corrected chi connectivity index (χ1v) is 6.57. The largest absolute Gasteiger partial charge is 1.00 e. The van der Waals surface area contributed by atoms with Gasteiger partial charge in [0.05, 0.1) is 15.6 Å². The number of phosphoric acid groups is 3. The molecule has 0 saturated heterocycles. The van der Waals surface area contributed by atoms with Gasteiger partial charge in [-0.3, -0.25) is 0 Å². The van der Waals surface area contributed by atoms with E-state index in [0.29, 0.717) is 0 Å². The van der Waals surface area contributed by atoms with E-state index in [1.165, 1.54) is 0 Å². The SMILES string of the molecule is O=P([O-])([O-])OP(=O)([O-])[O-].O=P([O-])([O-])[O-].[K+].[K+].[K+].[K+].[K+].[K+].[K+]. The predicted octanol–water partition coefficient (Wildman–Crippen LogP) is -27.1. The Balaban J connectivity index is -0.0000000157. The maximum Gasteiger partial charge on any atom is 1.00 e. The summed E-state index contributed by atoms with van der Waals surface area (Å²) in [4.78, 5) is 62.9. The van der Waals surface area contributed by atoms with Crippen LogP contribution in [0.2, 0.25) is 0 Å². The molecular weight excluding hydrogens is 543 g/mol. The van der Waals surface area contributed by atoms with Gasteiger partial charge in [0.25, 0.3) is 0 Å². The van der Waals surface area contributed by atoms with E-state index in [1.807, 2.05) is 0 Å². The van der Waals surface area contributed by atoms with Crippen molar-refractivity contribution in [1.82, 2.24) is 0 Å². The summed E-state index contributed by atoms with van der Waals surface area (Å²) in [6, 6.07) is 0. The minimum Gasteiger partial charge on any atom is -0.822 e. The molecule has 0 spiro atoms. The van der Waals surface area contributed by atoms with Crippen LogP contribution < -0.4 is 394 Å². The van der Waals surface area contributed by atoms with Crippen molar-refractivity contribution in [1.29, 1.82) is 0 Å². The third-order valence-electron chi connectivity index (χ3n) is 0.200. The van der Waals surface area contributed by atoms with Crippen LogP contribution in [0.25, 0.3) is 0 Å². The van der Waals surface area contributed by atoms with Gasteiger partial charge in [-0.25, -0.2) is 0 Å². The van der Waals surface area contributed by atoms with Gasteiger partial charge in [0.2, 0.25) is 0 Å². The van der Waals surface area contributed by atoms with Crippen LogP contribution in [0.15, 0.2) is 0 Å². The summed E-state index contributed by atoms with van der Waals surface area (Å²) < 4.78 is 29.7. The molecule has 0 fully saturated rings. The Morgan fingerprint density at radius 2 is 0.571 bits per heavy atom. The molecule has 0 N–H and O–H groups in total. The topological polar surface area (TPSA) is 222 Å². The molecule has 0 radical (unpaired) electrons. The fourth-order valence-corrected chi connectivity index (χ4v) is 1.10. The Bertz CT molecular complexity index is 273. The van der Waals surface area contributed by atoms with Gasteiger partial charge in [-0.1, -0.05) is 0 Å². The summed E-state index contributed by atoms with van der Waals surface area (Å²) in [5, 5.41) is 0. The maximum atomic E-state index is 9.32. The molecule has 0 aliphatic heterocycles. The molecule has 21 heteroatoms. The predicted molar refractivity (Wildman–Crippen MR) is 23.9 cm³/mol. The zero-order valence-electron chi connectivity index (χ0n) is 12.8. The molecule has 21 heavy (non-hydrogen) atoms. The van der Waals surface area contributed by atoms with Gasteiger partial charge >= 0.3 is 360 Å². The number of hydrogen-bond donors (Lipinski definition) is 0. The van der Waals surface area contributed by atoms with Crippen LogP contribution >= 0.6 is 23.5 Å². The van der Waals surface area contributed by atoms with Gasteiger partial charge in [-0.15, -0.1) is 0 Å². The molecule has 0 rings (SSSR count). The normalized spacial score (nSPS) is 8.71. The zero-order valence-corrected chi connectivity index (χ0v) is 37.4. The van der Waals surface area contributed by atoms with Crippen molar-refractivity contribution in [2.24, 2.45) is 0 Å². The molecule has 0 amide bonds. The van der Waals surface area contributed by atoms with Crippen LogP contribution in [-0.2, 0) is 18.0 Å². The second kappa shape index (κ2) is 31.8. The molecule has 0 atom stereocenters. The first-order valence-electron chi connectivity index (χ1n) is 2.19. The zero-order chi connectivity index (χ0) is 12.2. The average Bonchev–Trinajstić information content (AvgIpc) is 1.42. The minimum atomic E-state index is -5.68. The van der Waals surface area contributed by atoms with E-state index in [-0.39, 0.29) is 360 Å². The van der Waals surface area contributed by atoms with E-state index < -0.39 is 23.5 Å². The first-order chi connectivity index (χ1) is 5.71. The van der Waals surface area contributed by atoms with E-state index in [4.69, 9.17) is 19.2 Å². The van der Waals surface area contributed by atoms with Crippen LogP contribution in [0.4, 0.5) is 0 Å². The maximum absolute atomic E-state index is 9.32. The molecule has 0 aliphatic rings. The molecule has 0 unspecified atom stereocenters. The Labute approximate surface area is 419 Å². The number of rotatable bonds is 2. The smallest absolute Gasteiger partial charge is 0.822 e. The summed E-state index contributed by atoms with van der Waals surface area (Å²) in [5.74, 6) is 0. The Kier molecular flexibility index (Phi) is 88.8. The van der Waals surface area contributed by atoms with E-state index >= 15 is 0 Å². The van der Waals surface area contributed by atoms with Gasteiger partial charge in [0.15, 0.2) is 0 Å². The molecule has 0 bridgehead atoms. The van der Waals surface area contributed by atoms with Gasteiger partial charge in [-0.2, -0.15) is 7.82 Å². The molecule has 0 aliphatic carbocycles. The molecule has 0 heterocycles. The minimum absolute atomic E-state index is 0. The van der Waals surface area contributed by atoms with E-state index in [1.54, 1.807) is 0 Å². The molecule has 11 nitrogen and oxygen atoms in total. The fourth-order valence-electron chi connectivity index (χ4n) is 0.122. The third-order valence-corrected chi connectivity index (χ3v) is 1.80. The second-order valence-electron chi connectivity index (χ2n) is 1.42. The van der Waals surface area contributed by atoms with Crippen LogP contribution in [0.3, 0.4) is 0 Å². The van der Waals surface area contributed by atoms with Crippen molar-refractivity contribution < 1.29 is 412 Å². The van der Waals surface area contributed by atoms with Gasteiger partial charge < -0.3 is 52.3 Å². The molecule has 88 valence electrons. The fraction of sp³-hybridized carbons (Fsp3) is 0. The van der Waals surface area contributed by atoms with Crippen molar-refractivity contribution in [3.05, 3.63) is 0 Å². The summed E-state index contributed by atoms with van der Waals surface area (Å²) in [6.45, 7) is 0. The summed E-state index contributed by atoms with van der Waals surface area (Å²) in [6.07, 6.45) is 0. The van der Waals surface area contributed by atoms with Crippen LogP contribution in [0, 0.1) is 0 Å². The van der Waals surface area contributed by atoms with Gasteiger partial charge in [-0.05, 0) is 0 Å². The van der Waals surface area contributed by atoms with E-state index in [2.05, 4.69) is 4.31 Å². The summed E-state index contributed by atoms with van der Waals surface area (Å²) in [5.41, 5.74) is 0. The molecule has 0 aromatic rings. The molecule has 0 aromatic carbocycles. The Hall–Kier alpha value is 11.8. The Morgan fingerprint density at radius 3 is 0.571 bits per heavy atom. The average molecular weight is 543 g/mol. The van der Waals surface area contributed by atoms with Crippen LogP contribution in [0.5, 0.6) is 0 Å². The molecular formula is K7O11P3. The van der Waals surface area contributed by atoms with Crippen molar-refractivity contribution in [3.8, 4) is 0 Å². The summed E-state index contributed by atoms with van der Waals surface area (Å²) in [7, 11) is -16.7. The molecule has 0 aromatic heterocycles. The van der Waals surface area contributed by atoms with Gasteiger partial charge in [0.1, 0.15) is 0 Å². The van der Waals surface area contributed by atoms with Crippen molar-refractivity contribution in [2.75, 3.05) is 0 Å². The summed E-state index contributed by atoms with van der Waals surface area (Å²) >= 11 is 0. The monoisotopic (exact) mass is 542 g/mol.